The number of aryl methyl sites for hydroxylation is 1. The minimum Gasteiger partial charge on any atom is -0.395 e. The lowest BCUT2D eigenvalue weighted by Crippen LogP contribution is -2.21. The van der Waals surface area contributed by atoms with Crippen LogP contribution in [0.25, 0.3) is 5.70 Å². The predicted molar refractivity (Wildman–Crippen MR) is 113 cm³/mol. The highest BCUT2D eigenvalue weighted by molar-refractivity contribution is 8.06. The number of aromatic nitrogens is 3. The molecule has 0 spiro atoms. The molecule has 0 unspecified atom stereocenters. The number of nitrogens with zero attached hydrogens (tertiary/aromatic N) is 3. The maximum absolute atomic E-state index is 6.43. The fourth-order valence-electron chi connectivity index (χ4n) is 2.57. The summed E-state index contributed by atoms with van der Waals surface area (Å²) in [7, 11) is 0. The van der Waals surface area contributed by atoms with Crippen LogP contribution in [0, 0.1) is 12.3 Å². The molecule has 0 bridgehead atoms. The van der Waals surface area contributed by atoms with E-state index >= 15 is 0 Å². The van der Waals surface area contributed by atoms with Crippen molar-refractivity contribution in [3.8, 4) is 0 Å². The zero-order valence-corrected chi connectivity index (χ0v) is 17.0. The van der Waals surface area contributed by atoms with Gasteiger partial charge in [0.15, 0.2) is 0 Å². The van der Waals surface area contributed by atoms with Crippen LogP contribution in [0.2, 0.25) is 0 Å². The summed E-state index contributed by atoms with van der Waals surface area (Å²) in [6.07, 6.45) is 6.30. The summed E-state index contributed by atoms with van der Waals surface area (Å²) in [6.45, 7) is 9.22. The van der Waals surface area contributed by atoms with Crippen molar-refractivity contribution in [3.63, 3.8) is 0 Å². The lowest BCUT2D eigenvalue weighted by Gasteiger charge is -2.21. The molecule has 3 rings (SSSR count). The van der Waals surface area contributed by atoms with Crippen molar-refractivity contribution in [3.05, 3.63) is 63.7 Å². The van der Waals surface area contributed by atoms with Crippen molar-refractivity contribution in [2.24, 2.45) is 11.1 Å². The highest BCUT2D eigenvalue weighted by Gasteiger charge is 2.24. The summed E-state index contributed by atoms with van der Waals surface area (Å²) >= 11 is 1.60. The maximum Gasteiger partial charge on any atom is 0.223 e. The summed E-state index contributed by atoms with van der Waals surface area (Å²) < 4.78 is 0. The maximum atomic E-state index is 6.43. The molecule has 1 aliphatic rings. The smallest absolute Gasteiger partial charge is 0.223 e. The number of anilines is 1. The van der Waals surface area contributed by atoms with E-state index in [1.54, 1.807) is 24.2 Å². The van der Waals surface area contributed by atoms with Gasteiger partial charge in [-0.1, -0.05) is 38.6 Å². The Morgan fingerprint density at radius 1 is 1.30 bits per heavy atom. The van der Waals surface area contributed by atoms with E-state index in [4.69, 9.17) is 5.73 Å². The Hall–Kier alpha value is -2.54. The molecule has 0 aromatic carbocycles. The fourth-order valence-corrected chi connectivity index (χ4v) is 3.61. The molecule has 27 heavy (non-hydrogen) atoms. The van der Waals surface area contributed by atoms with Gasteiger partial charge < -0.3 is 16.4 Å². The second-order valence-corrected chi connectivity index (χ2v) is 8.41. The first-order chi connectivity index (χ1) is 12.8. The van der Waals surface area contributed by atoms with E-state index in [1.165, 1.54) is 5.56 Å². The zero-order valence-electron chi connectivity index (χ0n) is 16.2. The molecule has 0 saturated carbocycles. The standard InChI is InChI=1S/C20H26N6S/c1-13-10-24-19(23-9-7-14-6-5-8-22-11-14)26-17(13)16(21)18-25-15(12-27-18)20(2,3)4/h5-6,8,10-12,25H,7,9,21H2,1-4H3,(H,23,24,26)/b18-16+. The minimum absolute atomic E-state index is 0.0504. The van der Waals surface area contributed by atoms with Crippen molar-refractivity contribution in [1.82, 2.24) is 20.3 Å². The second kappa shape index (κ2) is 8.00. The van der Waals surface area contributed by atoms with E-state index in [0.29, 0.717) is 11.6 Å². The molecule has 0 saturated heterocycles. The first kappa shape index (κ1) is 19.2. The quantitative estimate of drug-likeness (QED) is 0.727. The summed E-state index contributed by atoms with van der Waals surface area (Å²) in [4.78, 5) is 13.1. The van der Waals surface area contributed by atoms with E-state index in [2.05, 4.69) is 57.8 Å². The summed E-state index contributed by atoms with van der Waals surface area (Å²) in [6, 6.07) is 4.00. The molecule has 0 amide bonds. The lowest BCUT2D eigenvalue weighted by molar-refractivity contribution is 0.481. The Labute approximate surface area is 164 Å². The van der Waals surface area contributed by atoms with Crippen LogP contribution < -0.4 is 16.4 Å². The SMILES string of the molecule is Cc1cnc(NCCc2cccnc2)nc1/C(N)=C1/NC(C(C)(C)C)=CS1. The number of nitrogens with one attached hydrogen (secondary N) is 2. The molecule has 7 heteroatoms. The van der Waals surface area contributed by atoms with Gasteiger partial charge >= 0.3 is 0 Å². The van der Waals surface area contributed by atoms with Crippen LogP contribution >= 0.6 is 11.8 Å². The molecule has 0 fully saturated rings. The highest BCUT2D eigenvalue weighted by Crippen LogP contribution is 2.36. The number of hydrogen-bond acceptors (Lipinski definition) is 7. The van der Waals surface area contributed by atoms with Gasteiger partial charge in [0.05, 0.1) is 11.4 Å². The molecular formula is C20H26N6S. The summed E-state index contributed by atoms with van der Waals surface area (Å²) in [5.74, 6) is 0.579. The van der Waals surface area contributed by atoms with Crippen molar-refractivity contribution >= 4 is 23.4 Å². The van der Waals surface area contributed by atoms with Gasteiger partial charge in [0.25, 0.3) is 0 Å². The van der Waals surface area contributed by atoms with E-state index < -0.39 is 0 Å². The Bertz CT molecular complexity index is 868. The molecule has 0 atom stereocenters. The fraction of sp³-hybridized carbons (Fsp3) is 0.350. The zero-order chi connectivity index (χ0) is 19.4. The van der Waals surface area contributed by atoms with Crippen molar-refractivity contribution in [2.45, 2.75) is 34.1 Å². The molecule has 2 aromatic rings. The molecular weight excluding hydrogens is 356 g/mol. The Morgan fingerprint density at radius 3 is 2.78 bits per heavy atom. The topological polar surface area (TPSA) is 88.8 Å². The van der Waals surface area contributed by atoms with Gasteiger partial charge in [-0.3, -0.25) is 4.98 Å². The molecule has 6 nitrogen and oxygen atoms in total. The summed E-state index contributed by atoms with van der Waals surface area (Å²) in [5, 5.41) is 9.74. The Morgan fingerprint density at radius 2 is 2.11 bits per heavy atom. The molecule has 0 aliphatic carbocycles. The van der Waals surface area contributed by atoms with Gasteiger partial charge in [-0.25, -0.2) is 9.97 Å². The highest BCUT2D eigenvalue weighted by atomic mass is 32.2. The van der Waals surface area contributed by atoms with Crippen molar-refractivity contribution < 1.29 is 0 Å². The van der Waals surface area contributed by atoms with Gasteiger partial charge in [-0.15, -0.1) is 0 Å². The van der Waals surface area contributed by atoms with Crippen LogP contribution in [-0.4, -0.2) is 21.5 Å². The molecule has 4 N–H and O–H groups in total. The first-order valence-electron chi connectivity index (χ1n) is 8.95. The second-order valence-electron chi connectivity index (χ2n) is 7.53. The Balaban J connectivity index is 1.71. The van der Waals surface area contributed by atoms with E-state index in [9.17, 15) is 0 Å². The third-order valence-corrected chi connectivity index (χ3v) is 5.15. The number of rotatable bonds is 5. The third kappa shape index (κ3) is 4.80. The molecule has 1 aliphatic heterocycles. The van der Waals surface area contributed by atoms with Crippen LogP contribution in [0.4, 0.5) is 5.95 Å². The normalized spacial score (nSPS) is 15.9. The average molecular weight is 383 g/mol. The third-order valence-electron chi connectivity index (χ3n) is 4.24. The first-order valence-corrected chi connectivity index (χ1v) is 9.83. The molecule has 0 radical (unpaired) electrons. The van der Waals surface area contributed by atoms with E-state index in [0.717, 1.165) is 34.9 Å². The number of allylic oxidation sites excluding steroid dienone is 1. The Kier molecular flexibility index (Phi) is 5.70. The van der Waals surface area contributed by atoms with Gasteiger partial charge in [0.1, 0.15) is 5.03 Å². The van der Waals surface area contributed by atoms with Crippen LogP contribution in [0.15, 0.2) is 46.9 Å². The number of thioether (sulfide) groups is 1. The van der Waals surface area contributed by atoms with E-state index in [-0.39, 0.29) is 5.41 Å². The van der Waals surface area contributed by atoms with Crippen LogP contribution in [-0.2, 0) is 6.42 Å². The number of pyridine rings is 1. The van der Waals surface area contributed by atoms with Crippen LogP contribution in [0.3, 0.4) is 0 Å². The molecule has 2 aromatic heterocycles. The van der Waals surface area contributed by atoms with Gasteiger partial charge in [-0.05, 0) is 35.9 Å². The average Bonchev–Trinajstić information content (AvgIpc) is 3.14. The monoisotopic (exact) mass is 382 g/mol. The van der Waals surface area contributed by atoms with Gasteiger partial charge in [0, 0.05) is 36.2 Å². The lowest BCUT2D eigenvalue weighted by atomic mass is 9.93. The van der Waals surface area contributed by atoms with Crippen molar-refractivity contribution in [1.29, 1.82) is 0 Å². The van der Waals surface area contributed by atoms with Crippen molar-refractivity contribution in [2.75, 3.05) is 11.9 Å². The number of hydrogen-bond donors (Lipinski definition) is 3. The van der Waals surface area contributed by atoms with Gasteiger partial charge in [0.2, 0.25) is 5.95 Å². The van der Waals surface area contributed by atoms with Crippen LogP contribution in [0.5, 0.6) is 0 Å². The number of nitrogens with two attached hydrogens (primary N) is 1. The summed E-state index contributed by atoms with van der Waals surface area (Å²) in [5.41, 5.74) is 11.2. The molecule has 3 heterocycles. The molecule has 142 valence electrons. The van der Waals surface area contributed by atoms with Gasteiger partial charge in [-0.2, -0.15) is 0 Å². The predicted octanol–water partition coefficient (Wildman–Crippen LogP) is 3.64. The van der Waals surface area contributed by atoms with E-state index in [1.807, 2.05) is 19.2 Å². The van der Waals surface area contributed by atoms with Crippen LogP contribution in [0.1, 0.15) is 37.6 Å². The minimum atomic E-state index is 0.0504. The largest absolute Gasteiger partial charge is 0.395 e.